The Morgan fingerprint density at radius 2 is 2.18 bits per heavy atom. The number of benzene rings is 1. The molecule has 2 rings (SSSR count). The van der Waals surface area contributed by atoms with Gasteiger partial charge in [-0.3, -0.25) is 4.79 Å². The van der Waals surface area contributed by atoms with Crippen LogP contribution in [0.5, 0.6) is 0 Å². The molecule has 0 saturated carbocycles. The number of carbonyl (C=O) groups excluding carboxylic acids is 1. The second-order valence-corrected chi connectivity index (χ2v) is 5.38. The van der Waals surface area contributed by atoms with Crippen molar-refractivity contribution < 1.29 is 9.53 Å². The van der Waals surface area contributed by atoms with Gasteiger partial charge < -0.3 is 4.74 Å². The maximum atomic E-state index is 11.6. The van der Waals surface area contributed by atoms with E-state index in [2.05, 4.69) is 15.1 Å². The summed E-state index contributed by atoms with van der Waals surface area (Å²) in [5, 5.41) is 5.42. The number of hydrogen-bond acceptors (Lipinski definition) is 6. The predicted octanol–water partition coefficient (Wildman–Crippen LogP) is 2.97. The van der Waals surface area contributed by atoms with Gasteiger partial charge in [0.2, 0.25) is 11.1 Å². The second kappa shape index (κ2) is 7.95. The fraction of sp³-hybridized carbons (Fsp3) is 0.286. The average molecular weight is 339 g/mol. The Morgan fingerprint density at radius 1 is 1.45 bits per heavy atom. The Bertz CT molecular complexity index is 670. The summed E-state index contributed by atoms with van der Waals surface area (Å²) in [6.07, 6.45) is 3.50. The zero-order chi connectivity index (χ0) is 15.9. The minimum Gasteiger partial charge on any atom is -0.465 e. The summed E-state index contributed by atoms with van der Waals surface area (Å²) in [5.41, 5.74) is 0.876. The number of carbonyl (C=O) groups is 1. The van der Waals surface area contributed by atoms with Gasteiger partial charge in [-0.05, 0) is 30.9 Å². The SMILES string of the molecule is CCOC(=O)Cn1nc(SC)nc1/N=C\c1ccc(Cl)cc1. The zero-order valence-electron chi connectivity index (χ0n) is 12.2. The van der Waals surface area contributed by atoms with Gasteiger partial charge in [0.25, 0.3) is 0 Å². The van der Waals surface area contributed by atoms with E-state index in [1.807, 2.05) is 18.4 Å². The Kier molecular flexibility index (Phi) is 5.97. The minimum absolute atomic E-state index is 0.0192. The molecule has 1 heterocycles. The molecule has 2 aromatic rings. The number of aliphatic imine (C=N–C) groups is 1. The Morgan fingerprint density at radius 3 is 2.82 bits per heavy atom. The van der Waals surface area contributed by atoms with E-state index >= 15 is 0 Å². The second-order valence-electron chi connectivity index (χ2n) is 4.17. The van der Waals surface area contributed by atoms with Crippen molar-refractivity contribution in [1.29, 1.82) is 0 Å². The lowest BCUT2D eigenvalue weighted by atomic mass is 10.2. The first-order valence-corrected chi connectivity index (χ1v) is 8.16. The summed E-state index contributed by atoms with van der Waals surface area (Å²) >= 11 is 7.22. The monoisotopic (exact) mass is 338 g/mol. The highest BCUT2D eigenvalue weighted by Gasteiger charge is 2.12. The molecule has 116 valence electrons. The van der Waals surface area contributed by atoms with Crippen LogP contribution in [-0.2, 0) is 16.1 Å². The summed E-state index contributed by atoms with van der Waals surface area (Å²) in [6.45, 7) is 2.06. The van der Waals surface area contributed by atoms with Gasteiger partial charge in [-0.15, -0.1) is 5.10 Å². The van der Waals surface area contributed by atoms with Crippen LogP contribution in [0.15, 0.2) is 34.4 Å². The molecule has 0 aliphatic carbocycles. The summed E-state index contributed by atoms with van der Waals surface area (Å²) in [5.74, 6) is -0.0182. The minimum atomic E-state index is -0.372. The third kappa shape index (κ3) is 4.57. The largest absolute Gasteiger partial charge is 0.465 e. The van der Waals surface area contributed by atoms with Crippen LogP contribution in [0.1, 0.15) is 12.5 Å². The number of hydrogen-bond donors (Lipinski definition) is 0. The number of ether oxygens (including phenoxy) is 1. The Balaban J connectivity index is 2.19. The smallest absolute Gasteiger partial charge is 0.327 e. The molecule has 6 nitrogen and oxygen atoms in total. The van der Waals surface area contributed by atoms with Crippen LogP contribution in [0.4, 0.5) is 5.95 Å². The summed E-state index contributed by atoms with van der Waals surface area (Å²) in [4.78, 5) is 20.1. The number of rotatable bonds is 6. The van der Waals surface area contributed by atoms with Crippen molar-refractivity contribution in [2.24, 2.45) is 4.99 Å². The summed E-state index contributed by atoms with van der Waals surface area (Å²) < 4.78 is 6.35. The van der Waals surface area contributed by atoms with Gasteiger partial charge in [-0.2, -0.15) is 4.98 Å². The number of halogens is 1. The lowest BCUT2D eigenvalue weighted by Crippen LogP contribution is -2.14. The van der Waals surface area contributed by atoms with E-state index in [-0.39, 0.29) is 12.5 Å². The van der Waals surface area contributed by atoms with Gasteiger partial charge in [0.05, 0.1) is 6.61 Å². The van der Waals surface area contributed by atoms with E-state index in [1.165, 1.54) is 16.4 Å². The molecule has 0 atom stereocenters. The van der Waals surface area contributed by atoms with Crippen LogP contribution in [0.2, 0.25) is 5.02 Å². The van der Waals surface area contributed by atoms with Crippen molar-refractivity contribution in [2.75, 3.05) is 12.9 Å². The van der Waals surface area contributed by atoms with Crippen molar-refractivity contribution in [3.05, 3.63) is 34.9 Å². The first-order chi connectivity index (χ1) is 10.6. The third-order valence-electron chi connectivity index (χ3n) is 2.60. The van der Waals surface area contributed by atoms with E-state index in [0.29, 0.717) is 22.7 Å². The molecule has 0 unspecified atom stereocenters. The van der Waals surface area contributed by atoms with Crippen LogP contribution in [-0.4, -0.2) is 39.8 Å². The fourth-order valence-electron chi connectivity index (χ4n) is 1.61. The molecule has 0 radical (unpaired) electrons. The van der Waals surface area contributed by atoms with E-state index in [0.717, 1.165) is 5.56 Å². The van der Waals surface area contributed by atoms with Crippen molar-refractivity contribution in [2.45, 2.75) is 18.6 Å². The van der Waals surface area contributed by atoms with Crippen LogP contribution < -0.4 is 0 Å². The van der Waals surface area contributed by atoms with Crippen molar-refractivity contribution in [3.8, 4) is 0 Å². The predicted molar refractivity (Wildman–Crippen MR) is 87.1 cm³/mol. The molecule has 8 heteroatoms. The van der Waals surface area contributed by atoms with Gasteiger partial charge in [0.15, 0.2) is 0 Å². The molecular weight excluding hydrogens is 324 g/mol. The molecule has 0 bridgehead atoms. The molecule has 0 spiro atoms. The van der Waals surface area contributed by atoms with Gasteiger partial charge in [-0.1, -0.05) is 35.5 Å². The third-order valence-corrected chi connectivity index (χ3v) is 3.39. The van der Waals surface area contributed by atoms with E-state index < -0.39 is 0 Å². The van der Waals surface area contributed by atoms with E-state index in [9.17, 15) is 4.79 Å². The first-order valence-electron chi connectivity index (χ1n) is 6.56. The van der Waals surface area contributed by atoms with E-state index in [1.54, 1.807) is 25.3 Å². The molecule has 1 aromatic carbocycles. The summed E-state index contributed by atoms with van der Waals surface area (Å²) in [6, 6.07) is 7.24. The Hall–Kier alpha value is -1.86. The van der Waals surface area contributed by atoms with Gasteiger partial charge >= 0.3 is 5.97 Å². The van der Waals surface area contributed by atoms with Crippen molar-refractivity contribution in [1.82, 2.24) is 14.8 Å². The quantitative estimate of drug-likeness (QED) is 0.460. The molecule has 0 amide bonds. The summed E-state index contributed by atoms with van der Waals surface area (Å²) in [7, 11) is 0. The highest BCUT2D eigenvalue weighted by molar-refractivity contribution is 7.98. The van der Waals surface area contributed by atoms with Crippen LogP contribution >= 0.6 is 23.4 Å². The molecular formula is C14H15ClN4O2S. The van der Waals surface area contributed by atoms with Crippen LogP contribution in [0, 0.1) is 0 Å². The zero-order valence-corrected chi connectivity index (χ0v) is 13.8. The molecule has 0 aliphatic rings. The fourth-order valence-corrected chi connectivity index (χ4v) is 2.09. The lowest BCUT2D eigenvalue weighted by Gasteiger charge is -2.02. The van der Waals surface area contributed by atoms with Crippen LogP contribution in [0.25, 0.3) is 0 Å². The highest BCUT2D eigenvalue weighted by Crippen LogP contribution is 2.16. The topological polar surface area (TPSA) is 69.4 Å². The molecule has 0 fully saturated rings. The Labute approximate surface area is 137 Å². The standard InChI is InChI=1S/C14H15ClN4O2S/c1-3-21-12(20)9-19-13(17-14(18-19)22-2)16-8-10-4-6-11(15)7-5-10/h4-8H,3,9H2,1-2H3/b16-8-. The first kappa shape index (κ1) is 16.5. The number of aromatic nitrogens is 3. The van der Waals surface area contributed by atoms with Gasteiger partial charge in [0, 0.05) is 11.2 Å². The van der Waals surface area contributed by atoms with Crippen molar-refractivity contribution >= 4 is 41.5 Å². The highest BCUT2D eigenvalue weighted by atomic mass is 35.5. The van der Waals surface area contributed by atoms with E-state index in [4.69, 9.17) is 16.3 Å². The number of nitrogens with zero attached hydrogens (tertiary/aromatic N) is 4. The normalized spacial score (nSPS) is 11.0. The van der Waals surface area contributed by atoms with Gasteiger partial charge in [0.1, 0.15) is 6.54 Å². The average Bonchev–Trinajstić information content (AvgIpc) is 2.89. The number of thioether (sulfide) groups is 1. The molecule has 0 saturated heterocycles. The molecule has 22 heavy (non-hydrogen) atoms. The maximum absolute atomic E-state index is 11.6. The number of esters is 1. The molecule has 0 N–H and O–H groups in total. The molecule has 0 aliphatic heterocycles. The van der Waals surface area contributed by atoms with Crippen LogP contribution in [0.3, 0.4) is 0 Å². The van der Waals surface area contributed by atoms with Crippen molar-refractivity contribution in [3.63, 3.8) is 0 Å². The maximum Gasteiger partial charge on any atom is 0.327 e. The molecule has 1 aromatic heterocycles. The van der Waals surface area contributed by atoms with Gasteiger partial charge in [-0.25, -0.2) is 9.67 Å². The lowest BCUT2D eigenvalue weighted by molar-refractivity contribution is -0.144.